The highest BCUT2D eigenvalue weighted by molar-refractivity contribution is 5.95. The molecule has 1 aromatic heterocycles. The second kappa shape index (κ2) is 3.64. The highest BCUT2D eigenvalue weighted by atomic mass is 16.1. The van der Waals surface area contributed by atoms with Crippen LogP contribution in [-0.2, 0) is 0 Å². The molecular weight excluding hydrogens is 164 g/mol. The molecule has 68 valence electrons. The van der Waals surface area contributed by atoms with Crippen molar-refractivity contribution in [2.75, 3.05) is 0 Å². The van der Waals surface area contributed by atoms with Gasteiger partial charge in [0, 0.05) is 12.0 Å². The van der Waals surface area contributed by atoms with Crippen molar-refractivity contribution in [3.8, 4) is 0 Å². The van der Waals surface area contributed by atoms with Gasteiger partial charge in [0.25, 0.3) is 0 Å². The van der Waals surface area contributed by atoms with Crippen LogP contribution < -0.4 is 0 Å². The fourth-order valence-corrected chi connectivity index (χ4v) is 1.34. The van der Waals surface area contributed by atoms with Crippen LogP contribution in [0.25, 0.3) is 0 Å². The summed E-state index contributed by atoms with van der Waals surface area (Å²) in [4.78, 5) is 11.5. The SMILES string of the molecule is O=C(CCC1CC1)c1ccnnc1. The van der Waals surface area contributed by atoms with Crippen molar-refractivity contribution < 1.29 is 4.79 Å². The minimum absolute atomic E-state index is 0.196. The first-order valence-corrected chi connectivity index (χ1v) is 4.66. The first kappa shape index (κ1) is 8.35. The van der Waals surface area contributed by atoms with Crippen LogP contribution in [0.5, 0.6) is 0 Å². The van der Waals surface area contributed by atoms with Gasteiger partial charge in [-0.1, -0.05) is 12.8 Å². The zero-order chi connectivity index (χ0) is 9.10. The molecule has 1 aliphatic carbocycles. The summed E-state index contributed by atoms with van der Waals surface area (Å²) in [5.74, 6) is 1.01. The molecule has 0 spiro atoms. The summed E-state index contributed by atoms with van der Waals surface area (Å²) in [7, 11) is 0. The predicted octanol–water partition coefficient (Wildman–Crippen LogP) is 1.85. The summed E-state index contributed by atoms with van der Waals surface area (Å²) >= 11 is 0. The number of hydrogen-bond donors (Lipinski definition) is 0. The minimum Gasteiger partial charge on any atom is -0.294 e. The first-order valence-electron chi connectivity index (χ1n) is 4.66. The van der Waals surface area contributed by atoms with Gasteiger partial charge < -0.3 is 0 Å². The van der Waals surface area contributed by atoms with E-state index in [4.69, 9.17) is 0 Å². The largest absolute Gasteiger partial charge is 0.294 e. The second-order valence-corrected chi connectivity index (χ2v) is 3.54. The van der Waals surface area contributed by atoms with Crippen molar-refractivity contribution >= 4 is 5.78 Å². The lowest BCUT2D eigenvalue weighted by atomic mass is 10.1. The van der Waals surface area contributed by atoms with Crippen LogP contribution in [0.1, 0.15) is 36.0 Å². The molecule has 0 aliphatic heterocycles. The lowest BCUT2D eigenvalue weighted by Crippen LogP contribution is -2.00. The summed E-state index contributed by atoms with van der Waals surface area (Å²) < 4.78 is 0. The van der Waals surface area contributed by atoms with E-state index in [1.54, 1.807) is 12.3 Å². The normalized spacial score (nSPS) is 15.7. The van der Waals surface area contributed by atoms with Crippen LogP contribution in [0.2, 0.25) is 0 Å². The Bertz CT molecular complexity index is 293. The molecule has 1 aliphatic rings. The van der Waals surface area contributed by atoms with Crippen molar-refractivity contribution in [1.82, 2.24) is 10.2 Å². The Morgan fingerprint density at radius 1 is 1.46 bits per heavy atom. The summed E-state index contributed by atoms with van der Waals surface area (Å²) in [5.41, 5.74) is 0.690. The highest BCUT2D eigenvalue weighted by Gasteiger charge is 2.22. The molecule has 13 heavy (non-hydrogen) atoms. The van der Waals surface area contributed by atoms with Crippen molar-refractivity contribution in [1.29, 1.82) is 0 Å². The van der Waals surface area contributed by atoms with Gasteiger partial charge >= 0.3 is 0 Å². The van der Waals surface area contributed by atoms with Crippen LogP contribution in [-0.4, -0.2) is 16.0 Å². The quantitative estimate of drug-likeness (QED) is 0.657. The number of carbonyl (C=O) groups is 1. The molecule has 1 saturated carbocycles. The van der Waals surface area contributed by atoms with Gasteiger partial charge in [0.1, 0.15) is 0 Å². The highest BCUT2D eigenvalue weighted by Crippen LogP contribution is 2.33. The molecule has 0 atom stereocenters. The van der Waals surface area contributed by atoms with Gasteiger partial charge in [-0.25, -0.2) is 0 Å². The number of Topliss-reactive ketones (excluding diaryl/α,β-unsaturated/α-hetero) is 1. The van der Waals surface area contributed by atoms with Gasteiger partial charge in [0.2, 0.25) is 0 Å². The number of nitrogens with zero attached hydrogens (tertiary/aromatic N) is 2. The zero-order valence-corrected chi connectivity index (χ0v) is 7.44. The molecule has 0 amide bonds. The molecule has 0 bridgehead atoms. The van der Waals surface area contributed by atoms with E-state index in [9.17, 15) is 4.79 Å². The van der Waals surface area contributed by atoms with Gasteiger partial charge in [-0.2, -0.15) is 10.2 Å². The van der Waals surface area contributed by atoms with E-state index in [1.807, 2.05) is 0 Å². The number of hydrogen-bond acceptors (Lipinski definition) is 3. The van der Waals surface area contributed by atoms with E-state index >= 15 is 0 Å². The Morgan fingerprint density at radius 3 is 2.92 bits per heavy atom. The molecular formula is C10H12N2O. The molecule has 1 aromatic rings. The summed E-state index contributed by atoms with van der Waals surface area (Å²) in [5, 5.41) is 7.31. The molecule has 0 saturated heterocycles. The number of rotatable bonds is 4. The Hall–Kier alpha value is -1.25. The predicted molar refractivity (Wildman–Crippen MR) is 48.3 cm³/mol. The Labute approximate surface area is 77.2 Å². The van der Waals surface area contributed by atoms with Crippen LogP contribution >= 0.6 is 0 Å². The number of ketones is 1. The molecule has 1 heterocycles. The van der Waals surface area contributed by atoms with E-state index in [-0.39, 0.29) is 5.78 Å². The van der Waals surface area contributed by atoms with Crippen LogP contribution in [0.15, 0.2) is 18.5 Å². The van der Waals surface area contributed by atoms with Crippen molar-refractivity contribution in [3.05, 3.63) is 24.0 Å². The fraction of sp³-hybridized carbons (Fsp3) is 0.500. The smallest absolute Gasteiger partial charge is 0.164 e. The lowest BCUT2D eigenvalue weighted by Gasteiger charge is -1.97. The zero-order valence-electron chi connectivity index (χ0n) is 7.44. The van der Waals surface area contributed by atoms with Gasteiger partial charge in [-0.3, -0.25) is 4.79 Å². The third-order valence-corrected chi connectivity index (χ3v) is 2.38. The van der Waals surface area contributed by atoms with Gasteiger partial charge in [0.15, 0.2) is 5.78 Å². The molecule has 0 radical (unpaired) electrons. The summed E-state index contributed by atoms with van der Waals surface area (Å²) in [6.07, 6.45) is 7.42. The Morgan fingerprint density at radius 2 is 2.31 bits per heavy atom. The standard InChI is InChI=1S/C10H12N2O/c13-10(4-3-8-1-2-8)9-5-6-11-12-7-9/h5-8H,1-4H2. The third-order valence-electron chi connectivity index (χ3n) is 2.38. The average molecular weight is 176 g/mol. The third kappa shape index (κ3) is 2.34. The topological polar surface area (TPSA) is 42.9 Å². The van der Waals surface area contributed by atoms with Gasteiger partial charge in [-0.15, -0.1) is 0 Å². The molecule has 0 aromatic carbocycles. The maximum atomic E-state index is 11.5. The van der Waals surface area contributed by atoms with E-state index < -0.39 is 0 Å². The van der Waals surface area contributed by atoms with Gasteiger partial charge in [0.05, 0.1) is 12.4 Å². The molecule has 0 N–H and O–H groups in total. The first-order chi connectivity index (χ1) is 6.36. The number of carbonyl (C=O) groups excluding carboxylic acids is 1. The summed E-state index contributed by atoms with van der Waals surface area (Å²) in [6.45, 7) is 0. The molecule has 1 fully saturated rings. The van der Waals surface area contributed by atoms with Crippen LogP contribution in [0.4, 0.5) is 0 Å². The monoisotopic (exact) mass is 176 g/mol. The average Bonchev–Trinajstić information content (AvgIpc) is 2.99. The number of aromatic nitrogens is 2. The van der Waals surface area contributed by atoms with E-state index in [0.717, 1.165) is 12.3 Å². The second-order valence-electron chi connectivity index (χ2n) is 3.54. The van der Waals surface area contributed by atoms with Crippen molar-refractivity contribution in [2.45, 2.75) is 25.7 Å². The Balaban J connectivity index is 1.89. The Kier molecular flexibility index (Phi) is 2.34. The minimum atomic E-state index is 0.196. The molecule has 3 nitrogen and oxygen atoms in total. The fourth-order valence-electron chi connectivity index (χ4n) is 1.34. The van der Waals surface area contributed by atoms with Crippen molar-refractivity contribution in [2.24, 2.45) is 5.92 Å². The van der Waals surface area contributed by atoms with E-state index in [1.165, 1.54) is 19.0 Å². The maximum absolute atomic E-state index is 11.5. The molecule has 2 rings (SSSR count). The lowest BCUT2D eigenvalue weighted by molar-refractivity contribution is 0.0977. The van der Waals surface area contributed by atoms with E-state index in [2.05, 4.69) is 10.2 Å². The molecule has 0 unspecified atom stereocenters. The van der Waals surface area contributed by atoms with Crippen LogP contribution in [0, 0.1) is 5.92 Å². The summed E-state index contributed by atoms with van der Waals surface area (Å²) in [6, 6.07) is 1.72. The van der Waals surface area contributed by atoms with Crippen molar-refractivity contribution in [3.63, 3.8) is 0 Å². The van der Waals surface area contributed by atoms with E-state index in [0.29, 0.717) is 12.0 Å². The maximum Gasteiger partial charge on any atom is 0.164 e. The molecule has 3 heteroatoms. The van der Waals surface area contributed by atoms with Gasteiger partial charge in [-0.05, 0) is 18.4 Å². The van der Waals surface area contributed by atoms with Crippen LogP contribution in [0.3, 0.4) is 0 Å².